The van der Waals surface area contributed by atoms with Gasteiger partial charge in [0.1, 0.15) is 0 Å². The summed E-state index contributed by atoms with van der Waals surface area (Å²) in [6.45, 7) is 3.77. The summed E-state index contributed by atoms with van der Waals surface area (Å²) < 4.78 is 4.86. The van der Waals surface area contributed by atoms with Gasteiger partial charge in [0.05, 0.1) is 17.4 Å². The molecular formula is C11H13NO4. The summed E-state index contributed by atoms with van der Waals surface area (Å²) in [6.07, 6.45) is 0. The molecule has 86 valence electrons. The molecule has 0 aliphatic rings. The average molecular weight is 223 g/mol. The van der Waals surface area contributed by atoms with Crippen LogP contribution in [0, 0.1) is 10.1 Å². The molecule has 0 radical (unpaired) electrons. The fraction of sp³-hybridized carbons (Fsp3) is 0.364. The molecule has 0 heterocycles. The molecule has 1 aromatic rings. The lowest BCUT2D eigenvalue weighted by atomic mass is 10.0. The minimum absolute atomic E-state index is 0.0137. The molecule has 16 heavy (non-hydrogen) atoms. The van der Waals surface area contributed by atoms with Gasteiger partial charge in [0.2, 0.25) is 0 Å². The summed E-state index contributed by atoms with van der Waals surface area (Å²) in [5, 5.41) is 10.4. The summed E-state index contributed by atoms with van der Waals surface area (Å²) in [4.78, 5) is 21.4. The summed E-state index contributed by atoms with van der Waals surface area (Å²) in [7, 11) is 0. The fourth-order valence-corrected chi connectivity index (χ4v) is 1.29. The van der Waals surface area contributed by atoms with Crippen LogP contribution in [0.2, 0.25) is 0 Å². The van der Waals surface area contributed by atoms with Crippen molar-refractivity contribution < 1.29 is 14.5 Å². The molecule has 0 N–H and O–H groups in total. The summed E-state index contributed by atoms with van der Waals surface area (Å²) in [5.41, 5.74) is 0.726. The lowest BCUT2D eigenvalue weighted by Crippen LogP contribution is -2.12. The normalized spacial score (nSPS) is 11.9. The zero-order valence-corrected chi connectivity index (χ0v) is 9.17. The standard InChI is InChI=1S/C11H13NO4/c1-3-16-11(13)8(2)9-4-6-10(7-5-9)12(14)15/h4-8H,3H2,1-2H3/t8-/m0/s1. The van der Waals surface area contributed by atoms with E-state index in [0.29, 0.717) is 12.2 Å². The molecule has 0 saturated carbocycles. The predicted octanol–water partition coefficient (Wildman–Crippen LogP) is 2.26. The Balaban J connectivity index is 2.81. The maximum absolute atomic E-state index is 11.4. The third kappa shape index (κ3) is 2.79. The first-order chi connectivity index (χ1) is 7.56. The molecule has 1 rings (SSSR count). The highest BCUT2D eigenvalue weighted by Crippen LogP contribution is 2.20. The molecular weight excluding hydrogens is 210 g/mol. The van der Waals surface area contributed by atoms with Crippen molar-refractivity contribution in [2.75, 3.05) is 6.61 Å². The molecule has 0 saturated heterocycles. The number of nitro benzene ring substituents is 1. The lowest BCUT2D eigenvalue weighted by molar-refractivity contribution is -0.384. The lowest BCUT2D eigenvalue weighted by Gasteiger charge is -2.10. The van der Waals surface area contributed by atoms with E-state index in [2.05, 4.69) is 0 Å². The van der Waals surface area contributed by atoms with Gasteiger partial charge in [-0.1, -0.05) is 12.1 Å². The number of carbonyl (C=O) groups is 1. The van der Waals surface area contributed by atoms with Gasteiger partial charge >= 0.3 is 5.97 Å². The van der Waals surface area contributed by atoms with E-state index in [9.17, 15) is 14.9 Å². The van der Waals surface area contributed by atoms with E-state index in [1.165, 1.54) is 12.1 Å². The molecule has 1 atom stereocenters. The van der Waals surface area contributed by atoms with Crippen molar-refractivity contribution in [1.29, 1.82) is 0 Å². The molecule has 0 spiro atoms. The highest BCUT2D eigenvalue weighted by atomic mass is 16.6. The minimum atomic E-state index is -0.473. The van der Waals surface area contributed by atoms with E-state index >= 15 is 0 Å². The predicted molar refractivity (Wildman–Crippen MR) is 58.1 cm³/mol. The van der Waals surface area contributed by atoms with Crippen LogP contribution in [0.3, 0.4) is 0 Å². The van der Waals surface area contributed by atoms with Crippen molar-refractivity contribution in [2.24, 2.45) is 0 Å². The number of non-ortho nitro benzene ring substituents is 1. The van der Waals surface area contributed by atoms with E-state index in [1.807, 2.05) is 0 Å². The number of carbonyl (C=O) groups excluding carboxylic acids is 1. The Morgan fingerprint density at radius 1 is 1.44 bits per heavy atom. The maximum atomic E-state index is 11.4. The van der Waals surface area contributed by atoms with Gasteiger partial charge in [0.15, 0.2) is 0 Å². The second-order valence-corrected chi connectivity index (χ2v) is 3.32. The number of nitrogens with zero attached hydrogens (tertiary/aromatic N) is 1. The molecule has 0 bridgehead atoms. The Kier molecular flexibility index (Phi) is 3.99. The Bertz CT molecular complexity index is 385. The van der Waals surface area contributed by atoms with E-state index in [-0.39, 0.29) is 11.7 Å². The number of nitro groups is 1. The Morgan fingerprint density at radius 2 is 2.00 bits per heavy atom. The number of ether oxygens (including phenoxy) is 1. The molecule has 0 unspecified atom stereocenters. The van der Waals surface area contributed by atoms with Gasteiger partial charge in [0.25, 0.3) is 5.69 Å². The molecule has 0 amide bonds. The first kappa shape index (κ1) is 12.2. The zero-order valence-electron chi connectivity index (χ0n) is 9.17. The summed E-state index contributed by atoms with van der Waals surface area (Å²) in [6, 6.07) is 5.90. The molecule has 0 aliphatic heterocycles. The van der Waals surface area contributed by atoms with Gasteiger partial charge in [-0.15, -0.1) is 0 Å². The molecule has 5 heteroatoms. The van der Waals surface area contributed by atoms with Crippen molar-refractivity contribution in [2.45, 2.75) is 19.8 Å². The van der Waals surface area contributed by atoms with Crippen LogP contribution in [0.25, 0.3) is 0 Å². The monoisotopic (exact) mass is 223 g/mol. The average Bonchev–Trinajstić information content (AvgIpc) is 2.28. The second-order valence-electron chi connectivity index (χ2n) is 3.32. The molecule has 0 fully saturated rings. The van der Waals surface area contributed by atoms with Crippen LogP contribution in [0.15, 0.2) is 24.3 Å². The van der Waals surface area contributed by atoms with Crippen molar-refractivity contribution in [3.8, 4) is 0 Å². The fourth-order valence-electron chi connectivity index (χ4n) is 1.29. The quantitative estimate of drug-likeness (QED) is 0.446. The third-order valence-corrected chi connectivity index (χ3v) is 2.24. The van der Waals surface area contributed by atoms with Crippen LogP contribution in [0.4, 0.5) is 5.69 Å². The van der Waals surface area contributed by atoms with Crippen molar-refractivity contribution in [3.63, 3.8) is 0 Å². The third-order valence-electron chi connectivity index (χ3n) is 2.24. The van der Waals surface area contributed by atoms with Crippen LogP contribution >= 0.6 is 0 Å². The first-order valence-electron chi connectivity index (χ1n) is 4.97. The van der Waals surface area contributed by atoms with Gasteiger partial charge in [-0.25, -0.2) is 0 Å². The van der Waals surface area contributed by atoms with Gasteiger partial charge in [-0.3, -0.25) is 14.9 Å². The summed E-state index contributed by atoms with van der Waals surface area (Å²) >= 11 is 0. The Morgan fingerprint density at radius 3 is 2.44 bits per heavy atom. The molecule has 0 aliphatic carbocycles. The van der Waals surface area contributed by atoms with E-state index < -0.39 is 10.8 Å². The highest BCUT2D eigenvalue weighted by Gasteiger charge is 2.17. The second kappa shape index (κ2) is 5.25. The molecule has 0 aromatic heterocycles. The highest BCUT2D eigenvalue weighted by molar-refractivity contribution is 5.77. The number of benzene rings is 1. The number of hydrogen-bond acceptors (Lipinski definition) is 4. The van der Waals surface area contributed by atoms with Crippen molar-refractivity contribution >= 4 is 11.7 Å². The summed E-state index contributed by atoms with van der Waals surface area (Å²) in [5.74, 6) is -0.725. The number of esters is 1. The van der Waals surface area contributed by atoms with Crippen molar-refractivity contribution in [3.05, 3.63) is 39.9 Å². The van der Waals surface area contributed by atoms with Crippen molar-refractivity contribution in [1.82, 2.24) is 0 Å². The maximum Gasteiger partial charge on any atom is 0.313 e. The van der Waals surface area contributed by atoms with Crippen LogP contribution in [-0.4, -0.2) is 17.5 Å². The van der Waals surface area contributed by atoms with Crippen LogP contribution in [0.1, 0.15) is 25.3 Å². The zero-order chi connectivity index (χ0) is 12.1. The number of rotatable bonds is 4. The Labute approximate surface area is 93.2 Å². The van der Waals surface area contributed by atoms with E-state index in [4.69, 9.17) is 4.74 Å². The molecule has 1 aromatic carbocycles. The Hall–Kier alpha value is -1.91. The van der Waals surface area contributed by atoms with Crippen LogP contribution < -0.4 is 0 Å². The SMILES string of the molecule is CCOC(=O)[C@@H](C)c1ccc([N+](=O)[O-])cc1. The molecule has 5 nitrogen and oxygen atoms in total. The van der Waals surface area contributed by atoms with Gasteiger partial charge in [-0.05, 0) is 19.4 Å². The van der Waals surface area contributed by atoms with Crippen LogP contribution in [0.5, 0.6) is 0 Å². The van der Waals surface area contributed by atoms with Gasteiger partial charge in [-0.2, -0.15) is 0 Å². The van der Waals surface area contributed by atoms with E-state index in [1.54, 1.807) is 26.0 Å². The largest absolute Gasteiger partial charge is 0.466 e. The topological polar surface area (TPSA) is 69.4 Å². The minimum Gasteiger partial charge on any atom is -0.466 e. The van der Waals surface area contributed by atoms with Gasteiger partial charge in [0, 0.05) is 12.1 Å². The first-order valence-corrected chi connectivity index (χ1v) is 4.97. The number of hydrogen-bond donors (Lipinski definition) is 0. The smallest absolute Gasteiger partial charge is 0.313 e. The van der Waals surface area contributed by atoms with E-state index in [0.717, 1.165) is 0 Å². The van der Waals surface area contributed by atoms with Crippen LogP contribution in [-0.2, 0) is 9.53 Å². The van der Waals surface area contributed by atoms with Gasteiger partial charge < -0.3 is 4.74 Å².